The summed E-state index contributed by atoms with van der Waals surface area (Å²) in [6.07, 6.45) is 72.3. The van der Waals surface area contributed by atoms with Crippen LogP contribution in [-0.2, 0) is 65.4 Å². The van der Waals surface area contributed by atoms with Gasteiger partial charge in [0.05, 0.1) is 26.4 Å². The lowest BCUT2D eigenvalue weighted by molar-refractivity contribution is -0.161. The molecule has 0 spiro atoms. The molecule has 3 unspecified atom stereocenters. The van der Waals surface area contributed by atoms with Crippen LogP contribution in [0.4, 0.5) is 0 Å². The molecule has 0 saturated carbocycles. The summed E-state index contributed by atoms with van der Waals surface area (Å²) < 4.78 is 69.0. The van der Waals surface area contributed by atoms with Gasteiger partial charge in [-0.15, -0.1) is 0 Å². The van der Waals surface area contributed by atoms with E-state index >= 15 is 0 Å². The van der Waals surface area contributed by atoms with E-state index in [9.17, 15) is 43.2 Å². The molecule has 0 aromatic heterocycles. The molecule has 0 bridgehead atoms. The molecule has 0 saturated heterocycles. The van der Waals surface area contributed by atoms with E-state index in [0.717, 1.165) is 108 Å². The van der Waals surface area contributed by atoms with Crippen molar-refractivity contribution in [2.45, 2.75) is 497 Å². The average Bonchev–Trinajstić information content (AvgIpc) is 0.911. The van der Waals surface area contributed by atoms with Crippen LogP contribution in [0, 0.1) is 17.8 Å². The maximum atomic E-state index is 13.2. The van der Waals surface area contributed by atoms with Gasteiger partial charge in [0, 0.05) is 25.7 Å². The van der Waals surface area contributed by atoms with Gasteiger partial charge < -0.3 is 33.8 Å². The summed E-state index contributed by atoms with van der Waals surface area (Å²) in [6, 6.07) is 0. The third-order valence-electron chi connectivity index (χ3n) is 21.5. The molecule has 0 aliphatic rings. The van der Waals surface area contributed by atoms with Crippen LogP contribution in [0.15, 0.2) is 0 Å². The van der Waals surface area contributed by atoms with Gasteiger partial charge >= 0.3 is 39.5 Å². The number of phosphoric acid groups is 2. The van der Waals surface area contributed by atoms with Crippen molar-refractivity contribution >= 4 is 39.5 Å². The number of esters is 4. The first-order valence-corrected chi connectivity index (χ1v) is 49.4. The van der Waals surface area contributed by atoms with Gasteiger partial charge in [0.25, 0.3) is 0 Å². The van der Waals surface area contributed by atoms with Crippen LogP contribution in [-0.4, -0.2) is 96.7 Å². The number of hydrogen-bond acceptors (Lipinski definition) is 15. The molecule has 0 amide bonds. The minimum absolute atomic E-state index is 0.107. The molecule has 19 heteroatoms. The molecule has 0 aliphatic heterocycles. The van der Waals surface area contributed by atoms with Crippen molar-refractivity contribution in [1.82, 2.24) is 0 Å². The highest BCUT2D eigenvalue weighted by Gasteiger charge is 2.31. The molecule has 0 fully saturated rings. The van der Waals surface area contributed by atoms with E-state index in [0.29, 0.717) is 25.7 Å². The summed E-state index contributed by atoms with van der Waals surface area (Å²) in [5, 5.41) is 10.7. The molecule has 3 N–H and O–H groups in total. The van der Waals surface area contributed by atoms with Crippen LogP contribution in [0.2, 0.25) is 0 Å². The molecular formula is C90H176O17P2. The molecule has 0 aromatic carbocycles. The molecule has 17 nitrogen and oxygen atoms in total. The number of aliphatic hydroxyl groups is 1. The molecule has 0 aliphatic carbocycles. The number of rotatable bonds is 88. The summed E-state index contributed by atoms with van der Waals surface area (Å²) in [4.78, 5) is 73.4. The van der Waals surface area contributed by atoms with E-state index < -0.39 is 97.5 Å². The second-order valence-electron chi connectivity index (χ2n) is 33.5. The monoisotopic (exact) mass is 1590 g/mol. The van der Waals surface area contributed by atoms with E-state index in [1.165, 1.54) is 289 Å². The Morgan fingerprint density at radius 3 is 0.697 bits per heavy atom. The normalized spacial score (nSPS) is 14.1. The van der Waals surface area contributed by atoms with Gasteiger partial charge in [-0.05, 0) is 43.4 Å². The van der Waals surface area contributed by atoms with Crippen molar-refractivity contribution in [3.63, 3.8) is 0 Å². The third-order valence-corrected chi connectivity index (χ3v) is 23.4. The van der Waals surface area contributed by atoms with Crippen LogP contribution in [0.1, 0.15) is 479 Å². The highest BCUT2D eigenvalue weighted by Crippen LogP contribution is 2.45. The van der Waals surface area contributed by atoms with E-state index in [4.69, 9.17) is 37.0 Å². The standard InChI is InChI=1S/C90H176O17P2/c1-8-10-11-12-13-14-15-16-17-18-19-20-21-22-23-28-33-38-43-52-59-66-73-89(94)106-85(77-100-87(92)71-64-57-50-42-37-32-27-25-24-26-30-35-40-47-54-61-68-81(3)4)79-104-108(96,97)102-75-84(91)76-103-109(98,99)105-80-86(78-101-88(93)72-65-58-51-46-45-49-56-63-70-83(7)9-2)107-90(95)74-67-60-53-44-39-34-29-31-36-41-48-55-62-69-82(5)6/h81-86,91H,8-80H2,1-7H3,(H,96,97)(H,98,99)/t83?,84-,85-,86-/m1/s1. The van der Waals surface area contributed by atoms with Crippen molar-refractivity contribution in [1.29, 1.82) is 0 Å². The molecular weight excluding hydrogens is 1410 g/mol. The number of carbonyl (C=O) groups excluding carboxylic acids is 4. The highest BCUT2D eigenvalue weighted by molar-refractivity contribution is 7.47. The minimum Gasteiger partial charge on any atom is -0.462 e. The van der Waals surface area contributed by atoms with Crippen LogP contribution < -0.4 is 0 Å². The Bertz CT molecular complexity index is 2100. The Kier molecular flexibility index (Phi) is 78.5. The van der Waals surface area contributed by atoms with Gasteiger partial charge in [-0.25, -0.2) is 9.13 Å². The zero-order chi connectivity index (χ0) is 80.0. The predicted octanol–water partition coefficient (Wildman–Crippen LogP) is 27.6. The molecule has 648 valence electrons. The van der Waals surface area contributed by atoms with E-state index in [-0.39, 0.29) is 25.7 Å². The average molecular weight is 1590 g/mol. The van der Waals surface area contributed by atoms with Crippen LogP contribution in [0.5, 0.6) is 0 Å². The first-order valence-electron chi connectivity index (χ1n) is 46.4. The van der Waals surface area contributed by atoms with E-state index in [2.05, 4.69) is 48.5 Å². The second-order valence-corrected chi connectivity index (χ2v) is 36.4. The van der Waals surface area contributed by atoms with Gasteiger partial charge in [0.1, 0.15) is 19.3 Å². The van der Waals surface area contributed by atoms with Crippen molar-refractivity contribution in [3.8, 4) is 0 Å². The lowest BCUT2D eigenvalue weighted by atomic mass is 9.99. The molecule has 0 rings (SSSR count). The lowest BCUT2D eigenvalue weighted by Crippen LogP contribution is -2.30. The Morgan fingerprint density at radius 2 is 0.468 bits per heavy atom. The maximum Gasteiger partial charge on any atom is 0.472 e. The van der Waals surface area contributed by atoms with Crippen molar-refractivity contribution < 1.29 is 80.2 Å². The van der Waals surface area contributed by atoms with Gasteiger partial charge in [0.15, 0.2) is 12.2 Å². The molecule has 6 atom stereocenters. The number of unbranched alkanes of at least 4 members (excludes halogenated alkanes) is 55. The fourth-order valence-corrected chi connectivity index (χ4v) is 15.6. The minimum atomic E-state index is -4.97. The van der Waals surface area contributed by atoms with Crippen LogP contribution >= 0.6 is 15.6 Å². The Balaban J connectivity index is 5.25. The topological polar surface area (TPSA) is 237 Å². The van der Waals surface area contributed by atoms with E-state index in [1.807, 2.05) is 0 Å². The quantitative estimate of drug-likeness (QED) is 0.0222. The summed E-state index contributed by atoms with van der Waals surface area (Å²) >= 11 is 0. The highest BCUT2D eigenvalue weighted by atomic mass is 31.2. The van der Waals surface area contributed by atoms with Crippen LogP contribution in [0.25, 0.3) is 0 Å². The summed E-state index contributed by atoms with van der Waals surface area (Å²) in [6.45, 7) is 12.1. The summed E-state index contributed by atoms with van der Waals surface area (Å²) in [5.74, 6) is 0.276. The first kappa shape index (κ1) is 107. The number of hydrogen-bond donors (Lipinski definition) is 3. The fourth-order valence-electron chi connectivity index (χ4n) is 14.0. The first-order chi connectivity index (χ1) is 52.8. The fraction of sp³-hybridized carbons (Fsp3) is 0.956. The van der Waals surface area contributed by atoms with Crippen molar-refractivity contribution in [2.24, 2.45) is 17.8 Å². The summed E-state index contributed by atoms with van der Waals surface area (Å²) in [7, 11) is -9.94. The zero-order valence-electron chi connectivity index (χ0n) is 72.0. The lowest BCUT2D eigenvalue weighted by Gasteiger charge is -2.21. The van der Waals surface area contributed by atoms with Gasteiger partial charge in [-0.2, -0.15) is 0 Å². The van der Waals surface area contributed by atoms with Crippen molar-refractivity contribution in [2.75, 3.05) is 39.6 Å². The Hall–Kier alpha value is -1.94. The number of ether oxygens (including phenoxy) is 4. The molecule has 0 radical (unpaired) electrons. The number of phosphoric ester groups is 2. The zero-order valence-corrected chi connectivity index (χ0v) is 73.8. The molecule has 0 heterocycles. The Labute approximate surface area is 670 Å². The number of carbonyl (C=O) groups is 4. The van der Waals surface area contributed by atoms with E-state index in [1.54, 1.807) is 0 Å². The largest absolute Gasteiger partial charge is 0.472 e. The van der Waals surface area contributed by atoms with Crippen molar-refractivity contribution in [3.05, 3.63) is 0 Å². The number of aliphatic hydroxyl groups excluding tert-OH is 1. The van der Waals surface area contributed by atoms with Gasteiger partial charge in [-0.1, -0.05) is 427 Å². The SMILES string of the molecule is CCCCCCCCCCCCCCCCCCCCCCCCC(=O)O[C@H](COC(=O)CCCCCCCCCCCCCCCCCCC(C)C)COP(=O)(O)OC[C@@H](O)COP(=O)(O)OC[C@@H](COC(=O)CCCCCCCCCCC(C)CC)OC(=O)CCCCCCCCCCCCCCCC(C)C. The van der Waals surface area contributed by atoms with Crippen LogP contribution in [0.3, 0.4) is 0 Å². The third kappa shape index (κ3) is 82.4. The summed E-state index contributed by atoms with van der Waals surface area (Å²) in [5.41, 5.74) is 0. The predicted molar refractivity (Wildman–Crippen MR) is 451 cm³/mol. The Morgan fingerprint density at radius 1 is 0.266 bits per heavy atom. The van der Waals surface area contributed by atoms with Gasteiger partial charge in [-0.3, -0.25) is 37.3 Å². The molecule has 0 aromatic rings. The molecule has 109 heavy (non-hydrogen) atoms. The maximum absolute atomic E-state index is 13.2. The second kappa shape index (κ2) is 79.9. The smallest absolute Gasteiger partial charge is 0.462 e. The van der Waals surface area contributed by atoms with Gasteiger partial charge in [0.2, 0.25) is 0 Å².